The number of H-pyrrole nitrogens is 1. The Balaban J connectivity index is 1.69. The van der Waals surface area contributed by atoms with Crippen LogP contribution in [0.4, 0.5) is 0 Å². The summed E-state index contributed by atoms with van der Waals surface area (Å²) >= 11 is 5.39. The summed E-state index contributed by atoms with van der Waals surface area (Å²) in [6, 6.07) is 12.2. The van der Waals surface area contributed by atoms with Crippen molar-refractivity contribution in [2.45, 2.75) is 26.4 Å². The number of hydrogen-bond acceptors (Lipinski definition) is 5. The van der Waals surface area contributed by atoms with Crippen LogP contribution in [0.2, 0.25) is 0 Å². The molecule has 0 aliphatic carbocycles. The van der Waals surface area contributed by atoms with Gasteiger partial charge in [-0.05, 0) is 68.0 Å². The van der Waals surface area contributed by atoms with Crippen molar-refractivity contribution in [2.24, 2.45) is 0 Å². The average Bonchev–Trinajstić information content (AvgIpc) is 3.30. The van der Waals surface area contributed by atoms with Crippen LogP contribution in [0.25, 0.3) is 10.9 Å². The van der Waals surface area contributed by atoms with Gasteiger partial charge in [0.25, 0.3) is 11.5 Å². The number of nitrogens with zero attached hydrogens (tertiary/aromatic N) is 3. The molecule has 0 radical (unpaired) electrons. The minimum atomic E-state index is -0.231. The van der Waals surface area contributed by atoms with E-state index >= 15 is 0 Å². The normalized spacial score (nSPS) is 12.1. The number of hydrogen-bond donors (Lipinski definition) is 1. The Labute approximate surface area is 184 Å². The molecule has 0 saturated carbocycles. The van der Waals surface area contributed by atoms with Crippen LogP contribution in [0.5, 0.6) is 0 Å². The predicted octanol–water partition coefficient (Wildman–Crippen LogP) is 4.32. The predicted molar refractivity (Wildman–Crippen MR) is 121 cm³/mol. The van der Waals surface area contributed by atoms with Gasteiger partial charge in [-0.3, -0.25) is 19.1 Å². The van der Waals surface area contributed by atoms with Gasteiger partial charge < -0.3 is 14.3 Å². The fraction of sp³-hybridized carbons (Fsp3) is 0.217. The number of amides is 1. The molecule has 0 saturated heterocycles. The summed E-state index contributed by atoms with van der Waals surface area (Å²) in [6.07, 6.45) is 5.02. The second-order valence-corrected chi connectivity index (χ2v) is 7.60. The fourth-order valence-corrected chi connectivity index (χ4v) is 3.91. The molecule has 1 amide bonds. The molecule has 1 aromatic carbocycles. The highest BCUT2D eigenvalue weighted by molar-refractivity contribution is 7.71. The number of pyridine rings is 1. The largest absolute Gasteiger partial charge is 0.467 e. The Bertz CT molecular complexity index is 1330. The minimum absolute atomic E-state index is 0.125. The first-order valence-electron chi connectivity index (χ1n) is 9.99. The maximum Gasteiger partial charge on any atom is 0.262 e. The summed E-state index contributed by atoms with van der Waals surface area (Å²) in [7, 11) is 0. The third-order valence-corrected chi connectivity index (χ3v) is 5.68. The molecular formula is C23H22N4O3S. The van der Waals surface area contributed by atoms with Crippen molar-refractivity contribution in [1.82, 2.24) is 19.4 Å². The summed E-state index contributed by atoms with van der Waals surface area (Å²) in [5.74, 6) is 0.510. The van der Waals surface area contributed by atoms with Crippen LogP contribution in [-0.2, 0) is 6.54 Å². The quantitative estimate of drug-likeness (QED) is 0.457. The van der Waals surface area contributed by atoms with E-state index in [1.165, 1.54) is 4.57 Å². The van der Waals surface area contributed by atoms with E-state index < -0.39 is 0 Å². The maximum absolute atomic E-state index is 13.3. The molecule has 3 heterocycles. The maximum atomic E-state index is 13.3. The zero-order valence-electron chi connectivity index (χ0n) is 17.2. The zero-order chi connectivity index (χ0) is 22.0. The number of furan rings is 1. The first-order chi connectivity index (χ1) is 15.0. The average molecular weight is 435 g/mol. The van der Waals surface area contributed by atoms with E-state index in [0.717, 1.165) is 5.56 Å². The van der Waals surface area contributed by atoms with Gasteiger partial charge in [0.2, 0.25) is 0 Å². The van der Waals surface area contributed by atoms with Crippen molar-refractivity contribution in [3.05, 3.63) is 93.1 Å². The van der Waals surface area contributed by atoms with E-state index in [9.17, 15) is 9.59 Å². The number of aromatic amines is 1. The van der Waals surface area contributed by atoms with E-state index in [-0.39, 0.29) is 28.8 Å². The lowest BCUT2D eigenvalue weighted by atomic mass is 10.1. The third kappa shape index (κ3) is 4.06. The van der Waals surface area contributed by atoms with Crippen LogP contribution < -0.4 is 5.56 Å². The smallest absolute Gasteiger partial charge is 0.262 e. The van der Waals surface area contributed by atoms with Crippen molar-refractivity contribution in [2.75, 3.05) is 6.54 Å². The van der Waals surface area contributed by atoms with Gasteiger partial charge in [-0.25, -0.2) is 0 Å². The van der Waals surface area contributed by atoms with Gasteiger partial charge in [-0.2, -0.15) is 0 Å². The number of carbonyl (C=O) groups is 1. The number of fused-ring (bicyclic) bond motifs is 1. The van der Waals surface area contributed by atoms with E-state index in [1.54, 1.807) is 53.9 Å². The summed E-state index contributed by atoms with van der Waals surface area (Å²) in [5, 5.41) is 0.458. The molecule has 158 valence electrons. The number of benzene rings is 1. The van der Waals surface area contributed by atoms with Crippen LogP contribution in [0, 0.1) is 4.77 Å². The monoisotopic (exact) mass is 434 g/mol. The molecule has 4 aromatic rings. The Kier molecular flexibility index (Phi) is 5.81. The molecule has 4 rings (SSSR count). The molecule has 0 aliphatic rings. The molecule has 31 heavy (non-hydrogen) atoms. The Morgan fingerprint density at radius 3 is 2.81 bits per heavy atom. The van der Waals surface area contributed by atoms with E-state index in [0.29, 0.717) is 28.8 Å². The van der Waals surface area contributed by atoms with Crippen molar-refractivity contribution >= 4 is 29.0 Å². The molecule has 0 fully saturated rings. The van der Waals surface area contributed by atoms with Crippen LogP contribution in [0.1, 0.15) is 41.6 Å². The third-order valence-electron chi connectivity index (χ3n) is 5.36. The SMILES string of the molecule is CCN(C(=O)c1ccc2c(=O)n(Cc3ccco3)c(=S)[nH]c2c1)C(C)c1cccnc1. The summed E-state index contributed by atoms with van der Waals surface area (Å²) in [5.41, 5.74) is 1.74. The number of aromatic nitrogens is 3. The van der Waals surface area contributed by atoms with Gasteiger partial charge >= 0.3 is 0 Å². The van der Waals surface area contributed by atoms with Crippen LogP contribution >= 0.6 is 12.2 Å². The second-order valence-electron chi connectivity index (χ2n) is 7.21. The zero-order valence-corrected chi connectivity index (χ0v) is 18.1. The van der Waals surface area contributed by atoms with Gasteiger partial charge in [0, 0.05) is 24.5 Å². The van der Waals surface area contributed by atoms with Gasteiger partial charge in [0.15, 0.2) is 4.77 Å². The van der Waals surface area contributed by atoms with Crippen LogP contribution in [-0.4, -0.2) is 31.9 Å². The Hall–Kier alpha value is -3.52. The molecule has 1 atom stereocenters. The highest BCUT2D eigenvalue weighted by Gasteiger charge is 2.22. The molecule has 8 heteroatoms. The number of nitrogens with one attached hydrogen (secondary N) is 1. The van der Waals surface area contributed by atoms with Crippen LogP contribution in [0.3, 0.4) is 0 Å². The number of carbonyl (C=O) groups excluding carboxylic acids is 1. The minimum Gasteiger partial charge on any atom is -0.467 e. The standard InChI is InChI=1S/C23H22N4O3S/c1-3-26(15(2)17-6-4-10-24-13-17)21(28)16-8-9-19-20(12-16)25-23(31)27(22(19)29)14-18-7-5-11-30-18/h4-13,15H,3,14H2,1-2H3,(H,25,31). The van der Waals surface area contributed by atoms with E-state index in [4.69, 9.17) is 16.6 Å². The van der Waals surface area contributed by atoms with Crippen molar-refractivity contribution in [3.8, 4) is 0 Å². The molecule has 3 aromatic heterocycles. The Morgan fingerprint density at radius 1 is 1.29 bits per heavy atom. The van der Waals surface area contributed by atoms with Gasteiger partial charge in [0.1, 0.15) is 5.76 Å². The summed E-state index contributed by atoms with van der Waals surface area (Å²) in [4.78, 5) is 35.2. The molecular weight excluding hydrogens is 412 g/mol. The van der Waals surface area contributed by atoms with Crippen molar-refractivity contribution in [3.63, 3.8) is 0 Å². The van der Waals surface area contributed by atoms with Gasteiger partial charge in [-0.15, -0.1) is 0 Å². The van der Waals surface area contributed by atoms with Crippen molar-refractivity contribution in [1.29, 1.82) is 0 Å². The summed E-state index contributed by atoms with van der Waals surface area (Å²) in [6.45, 7) is 4.69. The lowest BCUT2D eigenvalue weighted by Gasteiger charge is -2.28. The lowest BCUT2D eigenvalue weighted by molar-refractivity contribution is 0.0702. The topological polar surface area (TPSA) is 84.1 Å². The Morgan fingerprint density at radius 2 is 2.13 bits per heavy atom. The lowest BCUT2D eigenvalue weighted by Crippen LogP contribution is -2.33. The van der Waals surface area contributed by atoms with Gasteiger partial charge in [0.05, 0.1) is 29.8 Å². The van der Waals surface area contributed by atoms with E-state index in [2.05, 4.69) is 9.97 Å². The fourth-order valence-electron chi connectivity index (χ4n) is 3.65. The first kappa shape index (κ1) is 20.7. The molecule has 7 nitrogen and oxygen atoms in total. The molecule has 0 aliphatic heterocycles. The van der Waals surface area contributed by atoms with Crippen molar-refractivity contribution < 1.29 is 9.21 Å². The first-order valence-corrected chi connectivity index (χ1v) is 10.4. The van der Waals surface area contributed by atoms with E-state index in [1.807, 2.05) is 26.0 Å². The molecule has 1 unspecified atom stereocenters. The van der Waals surface area contributed by atoms with Gasteiger partial charge in [-0.1, -0.05) is 6.07 Å². The number of rotatable bonds is 6. The molecule has 0 bridgehead atoms. The highest BCUT2D eigenvalue weighted by Crippen LogP contribution is 2.22. The van der Waals surface area contributed by atoms with Crippen LogP contribution in [0.15, 0.2) is 70.3 Å². The molecule has 0 spiro atoms. The molecule has 1 N–H and O–H groups in total. The highest BCUT2D eigenvalue weighted by atomic mass is 32.1. The summed E-state index contributed by atoms with van der Waals surface area (Å²) < 4.78 is 7.05. The second kappa shape index (κ2) is 8.69.